The van der Waals surface area contributed by atoms with Crippen LogP contribution in [0, 0.1) is 5.92 Å². The minimum Gasteiger partial charge on any atom is -0.496 e. The average Bonchev–Trinajstić information content (AvgIpc) is 2.25. The summed E-state index contributed by atoms with van der Waals surface area (Å²) in [7, 11) is 1.66. The summed E-state index contributed by atoms with van der Waals surface area (Å²) in [5.41, 5.74) is 1.08. The molecule has 90 valence electrons. The van der Waals surface area contributed by atoms with Crippen molar-refractivity contribution in [3.05, 3.63) is 28.2 Å². The lowest BCUT2D eigenvalue weighted by Crippen LogP contribution is -2.09. The summed E-state index contributed by atoms with van der Waals surface area (Å²) in [6.45, 7) is 4.48. The van der Waals surface area contributed by atoms with Crippen molar-refractivity contribution in [1.82, 2.24) is 0 Å². The van der Waals surface area contributed by atoms with Crippen molar-refractivity contribution in [3.63, 3.8) is 0 Å². The van der Waals surface area contributed by atoms with Crippen LogP contribution in [0.1, 0.15) is 31.7 Å². The number of methoxy groups -OCH3 is 1. The van der Waals surface area contributed by atoms with E-state index in [9.17, 15) is 5.11 Å². The Morgan fingerprint density at radius 3 is 2.56 bits per heavy atom. The molecular formula is C13H19BrO2. The first-order valence-electron chi connectivity index (χ1n) is 5.52. The fourth-order valence-electron chi connectivity index (χ4n) is 1.89. The maximum Gasteiger partial charge on any atom is 0.122 e. The van der Waals surface area contributed by atoms with Crippen LogP contribution in [0.2, 0.25) is 0 Å². The van der Waals surface area contributed by atoms with E-state index >= 15 is 0 Å². The third-order valence-corrected chi connectivity index (χ3v) is 3.10. The topological polar surface area (TPSA) is 29.5 Å². The summed E-state index contributed by atoms with van der Waals surface area (Å²) in [6.07, 6.45) is 0.962. The molecule has 0 heterocycles. The van der Waals surface area contributed by atoms with Crippen molar-refractivity contribution >= 4 is 15.9 Å². The van der Waals surface area contributed by atoms with E-state index in [0.29, 0.717) is 5.92 Å². The molecule has 1 unspecified atom stereocenters. The summed E-state index contributed by atoms with van der Waals surface area (Å²) in [6, 6.07) is 5.91. The van der Waals surface area contributed by atoms with Crippen molar-refractivity contribution in [3.8, 4) is 5.75 Å². The lowest BCUT2D eigenvalue weighted by atomic mass is 9.90. The van der Waals surface area contributed by atoms with E-state index in [2.05, 4.69) is 29.8 Å². The molecule has 1 aromatic rings. The van der Waals surface area contributed by atoms with Gasteiger partial charge >= 0.3 is 0 Å². The molecule has 0 spiro atoms. The fourth-order valence-corrected chi connectivity index (χ4v) is 2.27. The van der Waals surface area contributed by atoms with E-state index in [1.807, 2.05) is 18.2 Å². The average molecular weight is 287 g/mol. The Kier molecular flexibility index (Phi) is 5.29. The third-order valence-electron chi connectivity index (χ3n) is 2.61. The SMILES string of the molecule is COc1ccc(Br)cc1C(CO)CC(C)C. The first-order chi connectivity index (χ1) is 7.58. The second-order valence-corrected chi connectivity index (χ2v) is 5.31. The highest BCUT2D eigenvalue weighted by molar-refractivity contribution is 9.10. The van der Waals surface area contributed by atoms with Gasteiger partial charge in [-0.15, -0.1) is 0 Å². The molecule has 0 radical (unpaired) electrons. The smallest absolute Gasteiger partial charge is 0.122 e. The standard InChI is InChI=1S/C13H19BrO2/c1-9(2)6-10(8-15)12-7-11(14)4-5-13(12)16-3/h4-5,7,9-10,15H,6,8H2,1-3H3. The number of aliphatic hydroxyl groups is 1. The van der Waals surface area contributed by atoms with Crippen LogP contribution >= 0.6 is 15.9 Å². The molecule has 0 aliphatic heterocycles. The minimum absolute atomic E-state index is 0.146. The summed E-state index contributed by atoms with van der Waals surface area (Å²) in [4.78, 5) is 0. The summed E-state index contributed by atoms with van der Waals surface area (Å²) >= 11 is 3.45. The van der Waals surface area contributed by atoms with E-state index in [1.54, 1.807) is 7.11 Å². The van der Waals surface area contributed by atoms with Crippen LogP contribution in [-0.2, 0) is 0 Å². The zero-order valence-corrected chi connectivity index (χ0v) is 11.6. The Morgan fingerprint density at radius 1 is 1.38 bits per heavy atom. The van der Waals surface area contributed by atoms with Crippen molar-refractivity contribution < 1.29 is 9.84 Å². The Bertz CT molecular complexity index is 337. The molecule has 1 rings (SSSR count). The maximum atomic E-state index is 9.47. The highest BCUT2D eigenvalue weighted by Crippen LogP contribution is 2.33. The molecule has 0 saturated carbocycles. The molecule has 0 aromatic heterocycles. The molecule has 0 fully saturated rings. The van der Waals surface area contributed by atoms with E-state index in [1.165, 1.54) is 0 Å². The van der Waals surface area contributed by atoms with Crippen molar-refractivity contribution in [2.24, 2.45) is 5.92 Å². The van der Waals surface area contributed by atoms with Gasteiger partial charge < -0.3 is 9.84 Å². The Labute approximate surface area is 106 Å². The zero-order valence-electron chi connectivity index (χ0n) is 10.0. The van der Waals surface area contributed by atoms with Crippen LogP contribution in [0.4, 0.5) is 0 Å². The normalized spacial score (nSPS) is 12.9. The predicted molar refractivity (Wildman–Crippen MR) is 70.0 cm³/mol. The van der Waals surface area contributed by atoms with Crippen LogP contribution in [0.5, 0.6) is 5.75 Å². The number of benzene rings is 1. The van der Waals surface area contributed by atoms with E-state index < -0.39 is 0 Å². The molecule has 0 amide bonds. The number of hydrogen-bond donors (Lipinski definition) is 1. The van der Waals surface area contributed by atoms with Crippen molar-refractivity contribution in [2.45, 2.75) is 26.2 Å². The van der Waals surface area contributed by atoms with Gasteiger partial charge in [-0.05, 0) is 30.5 Å². The van der Waals surface area contributed by atoms with Crippen LogP contribution in [0.15, 0.2) is 22.7 Å². The van der Waals surface area contributed by atoms with Crippen molar-refractivity contribution in [1.29, 1.82) is 0 Å². The summed E-state index contributed by atoms with van der Waals surface area (Å²) < 4.78 is 6.35. The second kappa shape index (κ2) is 6.26. The Morgan fingerprint density at radius 2 is 2.06 bits per heavy atom. The molecule has 16 heavy (non-hydrogen) atoms. The molecule has 0 aliphatic rings. The van der Waals surface area contributed by atoms with Gasteiger partial charge in [0.05, 0.1) is 13.7 Å². The number of hydrogen-bond acceptors (Lipinski definition) is 2. The molecule has 1 atom stereocenters. The molecule has 0 saturated heterocycles. The number of rotatable bonds is 5. The Hall–Kier alpha value is -0.540. The zero-order chi connectivity index (χ0) is 12.1. The van der Waals surface area contributed by atoms with Gasteiger partial charge in [0.1, 0.15) is 5.75 Å². The minimum atomic E-state index is 0.146. The van der Waals surface area contributed by atoms with Gasteiger partial charge in [-0.2, -0.15) is 0 Å². The molecular weight excluding hydrogens is 268 g/mol. The van der Waals surface area contributed by atoms with E-state index in [0.717, 1.165) is 22.2 Å². The highest BCUT2D eigenvalue weighted by Gasteiger charge is 2.17. The highest BCUT2D eigenvalue weighted by atomic mass is 79.9. The fraction of sp³-hybridized carbons (Fsp3) is 0.538. The van der Waals surface area contributed by atoms with E-state index in [-0.39, 0.29) is 12.5 Å². The van der Waals surface area contributed by atoms with Gasteiger partial charge in [0.15, 0.2) is 0 Å². The molecule has 1 N–H and O–H groups in total. The van der Waals surface area contributed by atoms with Gasteiger partial charge in [0, 0.05) is 16.0 Å². The second-order valence-electron chi connectivity index (χ2n) is 4.40. The Balaban J connectivity index is 3.02. The van der Waals surface area contributed by atoms with Gasteiger partial charge in [-0.1, -0.05) is 29.8 Å². The molecule has 0 aliphatic carbocycles. The van der Waals surface area contributed by atoms with Crippen LogP contribution < -0.4 is 4.74 Å². The monoisotopic (exact) mass is 286 g/mol. The van der Waals surface area contributed by atoms with Crippen LogP contribution in [-0.4, -0.2) is 18.8 Å². The maximum absolute atomic E-state index is 9.47. The third kappa shape index (κ3) is 3.49. The van der Waals surface area contributed by atoms with Gasteiger partial charge in [-0.25, -0.2) is 0 Å². The van der Waals surface area contributed by atoms with Gasteiger partial charge in [0.2, 0.25) is 0 Å². The predicted octanol–water partition coefficient (Wildman–Crippen LogP) is 3.58. The van der Waals surface area contributed by atoms with Gasteiger partial charge in [0.25, 0.3) is 0 Å². The quantitative estimate of drug-likeness (QED) is 0.897. The van der Waals surface area contributed by atoms with Crippen molar-refractivity contribution in [2.75, 3.05) is 13.7 Å². The summed E-state index contributed by atoms with van der Waals surface area (Å²) in [5, 5.41) is 9.47. The molecule has 2 nitrogen and oxygen atoms in total. The molecule has 0 bridgehead atoms. The lowest BCUT2D eigenvalue weighted by molar-refractivity contribution is 0.245. The number of halogens is 1. The number of aliphatic hydroxyl groups excluding tert-OH is 1. The summed E-state index contributed by atoms with van der Waals surface area (Å²) in [5.74, 6) is 1.55. The van der Waals surface area contributed by atoms with Crippen LogP contribution in [0.25, 0.3) is 0 Å². The molecule has 1 aromatic carbocycles. The van der Waals surface area contributed by atoms with Crippen LogP contribution in [0.3, 0.4) is 0 Å². The first kappa shape index (κ1) is 13.5. The van der Waals surface area contributed by atoms with Gasteiger partial charge in [-0.3, -0.25) is 0 Å². The number of ether oxygens (including phenoxy) is 1. The molecule has 3 heteroatoms. The largest absolute Gasteiger partial charge is 0.496 e. The first-order valence-corrected chi connectivity index (χ1v) is 6.32. The van der Waals surface area contributed by atoms with E-state index in [4.69, 9.17) is 4.74 Å². The lowest BCUT2D eigenvalue weighted by Gasteiger charge is -2.19.